The number of carboxylic acid groups (broad SMARTS) is 1. The summed E-state index contributed by atoms with van der Waals surface area (Å²) in [5, 5.41) is 25.3. The lowest BCUT2D eigenvalue weighted by Crippen LogP contribution is -2.31. The Bertz CT molecular complexity index is 199. The summed E-state index contributed by atoms with van der Waals surface area (Å²) in [6.07, 6.45) is -0.449. The van der Waals surface area contributed by atoms with Gasteiger partial charge in [-0.3, -0.25) is 0 Å². The number of hydrogen-bond donors (Lipinski definition) is 2. The number of hydrogen-bond acceptors (Lipinski definition) is 5. The summed E-state index contributed by atoms with van der Waals surface area (Å²) >= 11 is 0. The quantitative estimate of drug-likeness (QED) is 0.790. The van der Waals surface area contributed by atoms with Crippen molar-refractivity contribution in [2.24, 2.45) is 0 Å². The van der Waals surface area contributed by atoms with Crippen LogP contribution in [0, 0.1) is 0 Å². The van der Waals surface area contributed by atoms with E-state index >= 15 is 0 Å². The standard InChI is InChI=1S/C8H18O.C3H8O2.C3H6O2/c1-7(2,3)9-8(4,5)6;1-3(5)2-4;1-2-3(4)5/h1-6H3;3-5H,2H2,1H3;2H2,1H3,(H,4,5)/p-1. The number of carbonyl (C=O) groups is 1. The third kappa shape index (κ3) is 46.8. The highest BCUT2D eigenvalue weighted by Crippen LogP contribution is 2.17. The van der Waals surface area contributed by atoms with Crippen LogP contribution in [-0.2, 0) is 9.53 Å². The summed E-state index contributed by atoms with van der Waals surface area (Å²) in [5.74, 6) is -0.995. The Morgan fingerprint density at radius 3 is 1.37 bits per heavy atom. The van der Waals surface area contributed by atoms with Gasteiger partial charge in [0.25, 0.3) is 0 Å². The molecule has 0 saturated heterocycles. The van der Waals surface area contributed by atoms with Gasteiger partial charge >= 0.3 is 0 Å². The van der Waals surface area contributed by atoms with E-state index in [4.69, 9.17) is 14.9 Å². The van der Waals surface area contributed by atoms with Gasteiger partial charge in [0.2, 0.25) is 0 Å². The normalized spacial score (nSPS) is 12.5. The fourth-order valence-corrected chi connectivity index (χ4v) is 0.919. The van der Waals surface area contributed by atoms with Crippen molar-refractivity contribution in [2.75, 3.05) is 6.61 Å². The molecule has 1 atom stereocenters. The molecule has 0 aromatic heterocycles. The maximum atomic E-state index is 9.26. The summed E-state index contributed by atoms with van der Waals surface area (Å²) in [6.45, 7) is 15.3. The molecule has 0 aliphatic rings. The van der Waals surface area contributed by atoms with Crippen LogP contribution in [0.4, 0.5) is 0 Å². The van der Waals surface area contributed by atoms with E-state index in [2.05, 4.69) is 41.5 Å². The highest BCUT2D eigenvalue weighted by Gasteiger charge is 2.19. The monoisotopic (exact) mass is 279 g/mol. The van der Waals surface area contributed by atoms with E-state index in [1.807, 2.05) is 0 Å². The molecular formula is C14H31O5-. The van der Waals surface area contributed by atoms with Gasteiger partial charge in [-0.1, -0.05) is 6.92 Å². The van der Waals surface area contributed by atoms with E-state index in [0.717, 1.165) is 0 Å². The number of aliphatic hydroxyl groups excluding tert-OH is 2. The van der Waals surface area contributed by atoms with Gasteiger partial charge < -0.3 is 24.9 Å². The van der Waals surface area contributed by atoms with Crippen molar-refractivity contribution in [3.8, 4) is 0 Å². The van der Waals surface area contributed by atoms with Crippen molar-refractivity contribution < 1.29 is 24.9 Å². The zero-order valence-corrected chi connectivity index (χ0v) is 13.6. The molecule has 5 heteroatoms. The molecule has 0 aliphatic carbocycles. The topological polar surface area (TPSA) is 89.8 Å². The van der Waals surface area contributed by atoms with Crippen molar-refractivity contribution in [1.82, 2.24) is 0 Å². The number of carboxylic acids is 1. The average Bonchev–Trinajstić information content (AvgIpc) is 2.13. The molecule has 0 spiro atoms. The summed E-state index contributed by atoms with van der Waals surface area (Å²) in [4.78, 5) is 9.26. The van der Waals surface area contributed by atoms with Crippen LogP contribution in [-0.4, -0.2) is 40.1 Å². The first-order chi connectivity index (χ1) is 8.25. The zero-order valence-electron chi connectivity index (χ0n) is 13.6. The predicted molar refractivity (Wildman–Crippen MR) is 74.7 cm³/mol. The SMILES string of the molecule is CC(C)(C)OC(C)(C)C.CC(O)CO.CCC(=O)[O-]. The lowest BCUT2D eigenvalue weighted by molar-refractivity contribution is -0.305. The highest BCUT2D eigenvalue weighted by molar-refractivity contribution is 5.63. The van der Waals surface area contributed by atoms with Crippen LogP contribution < -0.4 is 5.11 Å². The Kier molecular flexibility index (Phi) is 13.8. The molecule has 0 saturated carbocycles. The molecule has 0 aliphatic heterocycles. The fourth-order valence-electron chi connectivity index (χ4n) is 0.919. The summed E-state index contributed by atoms with van der Waals surface area (Å²) < 4.78 is 5.62. The van der Waals surface area contributed by atoms with E-state index in [1.54, 1.807) is 0 Å². The van der Waals surface area contributed by atoms with Gasteiger partial charge in [0.05, 0.1) is 23.9 Å². The smallest absolute Gasteiger partial charge is 0.0742 e. The zero-order chi connectivity index (χ0) is 16.3. The minimum Gasteiger partial charge on any atom is -0.550 e. The molecule has 5 nitrogen and oxygen atoms in total. The predicted octanol–water partition coefficient (Wildman–Crippen LogP) is 1.11. The Morgan fingerprint density at radius 1 is 1.16 bits per heavy atom. The molecule has 0 rings (SSSR count). The molecule has 0 heterocycles. The Balaban J connectivity index is -0.000000219. The lowest BCUT2D eigenvalue weighted by Gasteiger charge is -2.30. The molecule has 0 aromatic carbocycles. The Morgan fingerprint density at radius 2 is 1.37 bits per heavy atom. The molecule has 0 radical (unpaired) electrons. The number of aliphatic hydroxyl groups is 2. The van der Waals surface area contributed by atoms with Crippen LogP contribution in [0.25, 0.3) is 0 Å². The third-order valence-corrected chi connectivity index (χ3v) is 1.17. The van der Waals surface area contributed by atoms with Gasteiger partial charge in [-0.15, -0.1) is 0 Å². The van der Waals surface area contributed by atoms with Crippen molar-refractivity contribution in [3.05, 3.63) is 0 Å². The molecule has 2 N–H and O–H groups in total. The molecule has 0 bridgehead atoms. The van der Waals surface area contributed by atoms with Crippen LogP contribution in [0.1, 0.15) is 61.8 Å². The summed E-state index contributed by atoms with van der Waals surface area (Å²) in [5.41, 5.74) is -0.0312. The van der Waals surface area contributed by atoms with Crippen LogP contribution in [0.3, 0.4) is 0 Å². The van der Waals surface area contributed by atoms with E-state index in [0.29, 0.717) is 0 Å². The Hall–Kier alpha value is -0.650. The van der Waals surface area contributed by atoms with Gasteiger partial charge in [0, 0.05) is 5.97 Å². The first-order valence-corrected chi connectivity index (χ1v) is 6.44. The highest BCUT2D eigenvalue weighted by atomic mass is 16.5. The van der Waals surface area contributed by atoms with E-state index in [9.17, 15) is 9.90 Å². The largest absolute Gasteiger partial charge is 0.550 e. The number of ether oxygens (including phenoxy) is 1. The van der Waals surface area contributed by atoms with Crippen LogP contribution in [0.2, 0.25) is 0 Å². The van der Waals surface area contributed by atoms with Crippen LogP contribution >= 0.6 is 0 Å². The second kappa shape index (κ2) is 11.2. The summed E-state index contributed by atoms with van der Waals surface area (Å²) in [6, 6.07) is 0. The van der Waals surface area contributed by atoms with Gasteiger partial charge in [-0.05, 0) is 54.9 Å². The van der Waals surface area contributed by atoms with Crippen LogP contribution in [0.5, 0.6) is 0 Å². The molecular weight excluding hydrogens is 248 g/mol. The van der Waals surface area contributed by atoms with Crippen molar-refractivity contribution in [2.45, 2.75) is 79.1 Å². The molecule has 19 heavy (non-hydrogen) atoms. The van der Waals surface area contributed by atoms with Gasteiger partial charge in [-0.2, -0.15) is 0 Å². The minimum absolute atomic E-state index is 0.0156. The number of rotatable bonds is 2. The third-order valence-electron chi connectivity index (χ3n) is 1.17. The van der Waals surface area contributed by atoms with Gasteiger partial charge in [0.1, 0.15) is 0 Å². The van der Waals surface area contributed by atoms with E-state index in [-0.39, 0.29) is 24.2 Å². The van der Waals surface area contributed by atoms with Crippen LogP contribution in [0.15, 0.2) is 0 Å². The minimum atomic E-state index is -0.995. The van der Waals surface area contributed by atoms with E-state index < -0.39 is 12.1 Å². The maximum Gasteiger partial charge on any atom is 0.0742 e. The second-order valence-corrected chi connectivity index (χ2v) is 6.08. The van der Waals surface area contributed by atoms with Crippen molar-refractivity contribution in [3.63, 3.8) is 0 Å². The first-order valence-electron chi connectivity index (χ1n) is 6.44. The second-order valence-electron chi connectivity index (χ2n) is 6.08. The molecule has 0 amide bonds. The number of aliphatic carboxylic acids is 1. The van der Waals surface area contributed by atoms with Crippen molar-refractivity contribution in [1.29, 1.82) is 0 Å². The first kappa shape index (κ1) is 23.4. The molecule has 0 aromatic rings. The maximum absolute atomic E-state index is 9.26. The molecule has 118 valence electrons. The van der Waals surface area contributed by atoms with Gasteiger partial charge in [0.15, 0.2) is 0 Å². The van der Waals surface area contributed by atoms with Crippen molar-refractivity contribution >= 4 is 5.97 Å². The summed E-state index contributed by atoms with van der Waals surface area (Å²) in [7, 11) is 0. The van der Waals surface area contributed by atoms with Gasteiger partial charge in [-0.25, -0.2) is 0 Å². The average molecular weight is 279 g/mol. The fraction of sp³-hybridized carbons (Fsp3) is 0.929. The molecule has 0 fully saturated rings. The Labute approximate surface area is 117 Å². The number of carbonyl (C=O) groups excluding carboxylic acids is 1. The molecule has 1 unspecified atom stereocenters. The van der Waals surface area contributed by atoms with E-state index in [1.165, 1.54) is 13.8 Å². The lowest BCUT2D eigenvalue weighted by atomic mass is 10.1.